The Hall–Kier alpha value is -2.85. The van der Waals surface area contributed by atoms with Crippen LogP contribution in [0.2, 0.25) is 5.02 Å². The molecule has 0 saturated carbocycles. The smallest absolute Gasteiger partial charge is 0.305 e. The lowest BCUT2D eigenvalue weighted by Gasteiger charge is -2.18. The topological polar surface area (TPSA) is 66.4 Å². The lowest BCUT2D eigenvalue weighted by atomic mass is 10.0. The van der Waals surface area contributed by atoms with Crippen LogP contribution in [-0.4, -0.2) is 17.0 Å². The molecule has 0 saturated heterocycles. The minimum atomic E-state index is -0.976. The molecule has 0 spiro atoms. The predicted octanol–water partition coefficient (Wildman–Crippen LogP) is 4.37. The average molecular weight is 368 g/mol. The Morgan fingerprint density at radius 3 is 2.38 bits per heavy atom. The van der Waals surface area contributed by atoms with Gasteiger partial charge in [-0.2, -0.15) is 0 Å². The molecule has 0 fully saturated rings. The van der Waals surface area contributed by atoms with Crippen molar-refractivity contribution in [3.05, 3.63) is 82.9 Å². The maximum absolute atomic E-state index is 12.6. The first kappa shape index (κ1) is 18.0. The number of hydrogen-bond donors (Lipinski definition) is 2. The molecule has 1 atom stereocenters. The van der Waals surface area contributed by atoms with Crippen molar-refractivity contribution in [2.24, 2.45) is 0 Å². The normalized spacial score (nSPS) is 11.9. The van der Waals surface area contributed by atoms with E-state index in [0.29, 0.717) is 10.6 Å². The van der Waals surface area contributed by atoms with Crippen LogP contribution in [0.25, 0.3) is 10.8 Å². The van der Waals surface area contributed by atoms with Crippen molar-refractivity contribution in [1.82, 2.24) is 5.32 Å². The summed E-state index contributed by atoms with van der Waals surface area (Å²) < 4.78 is 0. The molecule has 0 aromatic heterocycles. The summed E-state index contributed by atoms with van der Waals surface area (Å²) in [5, 5.41) is 14.6. The Labute approximate surface area is 156 Å². The number of nitrogens with one attached hydrogen (secondary N) is 1. The number of halogens is 1. The second kappa shape index (κ2) is 8.02. The van der Waals surface area contributed by atoms with Crippen LogP contribution >= 0.6 is 11.6 Å². The highest BCUT2D eigenvalue weighted by Crippen LogP contribution is 2.22. The molecular formula is C21H18ClNO3. The van der Waals surface area contributed by atoms with Crippen molar-refractivity contribution in [2.45, 2.75) is 18.9 Å². The Balaban J connectivity index is 1.79. The third-order valence-electron chi connectivity index (χ3n) is 4.22. The van der Waals surface area contributed by atoms with Crippen LogP contribution in [0.1, 0.15) is 23.6 Å². The number of hydrogen-bond acceptors (Lipinski definition) is 2. The standard InChI is InChI=1S/C21H18ClNO3/c22-17-10-8-15(9-11-17)19(13-21(25)26)23-20(24)12-16-6-3-5-14-4-1-2-7-18(14)16/h1-11,19H,12-13H2,(H,23,24)(H,25,26)/t19-/m0/s1. The van der Waals surface area contributed by atoms with Gasteiger partial charge in [0, 0.05) is 5.02 Å². The van der Waals surface area contributed by atoms with Crippen molar-refractivity contribution < 1.29 is 14.7 Å². The van der Waals surface area contributed by atoms with Gasteiger partial charge >= 0.3 is 5.97 Å². The number of benzene rings is 3. The summed E-state index contributed by atoms with van der Waals surface area (Å²) in [6, 6.07) is 19.9. The Bertz CT molecular complexity index is 932. The number of aliphatic carboxylic acids is 1. The molecule has 1 amide bonds. The molecule has 3 rings (SSSR count). The van der Waals surface area contributed by atoms with E-state index in [1.807, 2.05) is 42.5 Å². The van der Waals surface area contributed by atoms with E-state index in [1.54, 1.807) is 24.3 Å². The van der Waals surface area contributed by atoms with Crippen LogP contribution < -0.4 is 5.32 Å². The molecule has 0 aliphatic rings. The van der Waals surface area contributed by atoms with Gasteiger partial charge in [0.15, 0.2) is 0 Å². The van der Waals surface area contributed by atoms with Gasteiger partial charge in [0.05, 0.1) is 18.9 Å². The van der Waals surface area contributed by atoms with Crippen molar-refractivity contribution in [3.8, 4) is 0 Å². The van der Waals surface area contributed by atoms with Gasteiger partial charge in [-0.3, -0.25) is 9.59 Å². The number of carbonyl (C=O) groups is 2. The summed E-state index contributed by atoms with van der Waals surface area (Å²) in [6.45, 7) is 0. The lowest BCUT2D eigenvalue weighted by molar-refractivity contribution is -0.137. The average Bonchev–Trinajstić information content (AvgIpc) is 2.62. The van der Waals surface area contributed by atoms with Gasteiger partial charge in [-0.1, -0.05) is 66.2 Å². The van der Waals surface area contributed by atoms with Crippen molar-refractivity contribution in [2.75, 3.05) is 0 Å². The molecule has 0 unspecified atom stereocenters. The molecule has 0 bridgehead atoms. The van der Waals surface area contributed by atoms with Crippen LogP contribution in [0, 0.1) is 0 Å². The van der Waals surface area contributed by atoms with Gasteiger partial charge in [-0.15, -0.1) is 0 Å². The Morgan fingerprint density at radius 2 is 1.65 bits per heavy atom. The molecule has 2 N–H and O–H groups in total. The molecule has 4 nitrogen and oxygen atoms in total. The summed E-state index contributed by atoms with van der Waals surface area (Å²) in [7, 11) is 0. The number of carboxylic acid groups (broad SMARTS) is 1. The van der Waals surface area contributed by atoms with Crippen LogP contribution in [-0.2, 0) is 16.0 Å². The summed E-state index contributed by atoms with van der Waals surface area (Å²) in [6.07, 6.45) is -0.00598. The van der Waals surface area contributed by atoms with E-state index >= 15 is 0 Å². The molecule has 0 heterocycles. The van der Waals surface area contributed by atoms with Gasteiger partial charge in [0.25, 0.3) is 0 Å². The molecule has 5 heteroatoms. The largest absolute Gasteiger partial charge is 0.481 e. The van der Waals surface area contributed by atoms with Gasteiger partial charge in [-0.05, 0) is 34.0 Å². The van der Waals surface area contributed by atoms with Crippen LogP contribution in [0.15, 0.2) is 66.7 Å². The fourth-order valence-electron chi connectivity index (χ4n) is 2.99. The molecule has 26 heavy (non-hydrogen) atoms. The zero-order valence-corrected chi connectivity index (χ0v) is 14.7. The van der Waals surface area contributed by atoms with Crippen molar-refractivity contribution >= 4 is 34.2 Å². The van der Waals surface area contributed by atoms with E-state index in [-0.39, 0.29) is 18.7 Å². The van der Waals surface area contributed by atoms with Crippen LogP contribution in [0.4, 0.5) is 0 Å². The number of fused-ring (bicyclic) bond motifs is 1. The van der Waals surface area contributed by atoms with Crippen LogP contribution in [0.3, 0.4) is 0 Å². The molecule has 0 radical (unpaired) electrons. The SMILES string of the molecule is O=C(O)C[C@H](NC(=O)Cc1cccc2ccccc12)c1ccc(Cl)cc1. The summed E-state index contributed by atoms with van der Waals surface area (Å²) >= 11 is 5.89. The Kier molecular flexibility index (Phi) is 5.54. The number of carboxylic acids is 1. The molecule has 3 aromatic rings. The van der Waals surface area contributed by atoms with E-state index < -0.39 is 12.0 Å². The van der Waals surface area contributed by atoms with E-state index in [1.165, 1.54) is 0 Å². The van der Waals surface area contributed by atoms with Gasteiger partial charge in [0.2, 0.25) is 5.91 Å². The maximum atomic E-state index is 12.6. The van der Waals surface area contributed by atoms with E-state index in [9.17, 15) is 9.59 Å². The van der Waals surface area contributed by atoms with Gasteiger partial charge < -0.3 is 10.4 Å². The minimum Gasteiger partial charge on any atom is -0.481 e. The second-order valence-corrected chi connectivity index (χ2v) is 6.52. The number of rotatable bonds is 6. The minimum absolute atomic E-state index is 0.186. The molecule has 0 aliphatic heterocycles. The number of amides is 1. The summed E-state index contributed by atoms with van der Waals surface area (Å²) in [4.78, 5) is 23.7. The van der Waals surface area contributed by atoms with Crippen LogP contribution in [0.5, 0.6) is 0 Å². The predicted molar refractivity (Wildman–Crippen MR) is 102 cm³/mol. The second-order valence-electron chi connectivity index (χ2n) is 6.08. The molecule has 3 aromatic carbocycles. The first-order valence-corrected chi connectivity index (χ1v) is 8.64. The third-order valence-corrected chi connectivity index (χ3v) is 4.47. The fraction of sp³-hybridized carbons (Fsp3) is 0.143. The molecular weight excluding hydrogens is 350 g/mol. The first-order valence-electron chi connectivity index (χ1n) is 8.26. The zero-order valence-electron chi connectivity index (χ0n) is 14.0. The fourth-order valence-corrected chi connectivity index (χ4v) is 3.11. The van der Waals surface area contributed by atoms with Crippen molar-refractivity contribution in [1.29, 1.82) is 0 Å². The summed E-state index contributed by atoms with van der Waals surface area (Å²) in [5.74, 6) is -1.20. The lowest BCUT2D eigenvalue weighted by Crippen LogP contribution is -2.31. The van der Waals surface area contributed by atoms with E-state index in [4.69, 9.17) is 16.7 Å². The highest BCUT2D eigenvalue weighted by Gasteiger charge is 2.18. The highest BCUT2D eigenvalue weighted by atomic mass is 35.5. The van der Waals surface area contributed by atoms with Gasteiger partial charge in [-0.25, -0.2) is 0 Å². The summed E-state index contributed by atoms with van der Waals surface area (Å²) in [5.41, 5.74) is 1.62. The van der Waals surface area contributed by atoms with E-state index in [0.717, 1.165) is 16.3 Å². The number of carbonyl (C=O) groups excluding carboxylic acids is 1. The monoisotopic (exact) mass is 367 g/mol. The molecule has 0 aliphatic carbocycles. The highest BCUT2D eigenvalue weighted by molar-refractivity contribution is 6.30. The third kappa shape index (κ3) is 4.41. The van der Waals surface area contributed by atoms with Gasteiger partial charge in [0.1, 0.15) is 0 Å². The molecule has 132 valence electrons. The first-order chi connectivity index (χ1) is 12.5. The Morgan fingerprint density at radius 1 is 0.962 bits per heavy atom. The zero-order chi connectivity index (χ0) is 18.5. The van der Waals surface area contributed by atoms with E-state index in [2.05, 4.69) is 5.32 Å². The maximum Gasteiger partial charge on any atom is 0.305 e. The quantitative estimate of drug-likeness (QED) is 0.680. The van der Waals surface area contributed by atoms with Crippen molar-refractivity contribution in [3.63, 3.8) is 0 Å².